The highest BCUT2D eigenvalue weighted by atomic mass is 127. The Kier molecular flexibility index (Phi) is 4.93. The normalized spacial score (nSPS) is 10.7. The molecule has 19 heavy (non-hydrogen) atoms. The molecule has 0 saturated heterocycles. The summed E-state index contributed by atoms with van der Waals surface area (Å²) in [5, 5.41) is 1.92. The highest BCUT2D eigenvalue weighted by Gasteiger charge is 2.20. The molecule has 0 atom stereocenters. The monoisotopic (exact) mass is 386 g/mol. The fourth-order valence-corrected chi connectivity index (χ4v) is 3.09. The van der Waals surface area contributed by atoms with Crippen molar-refractivity contribution in [3.63, 3.8) is 0 Å². The van der Waals surface area contributed by atoms with E-state index in [0.717, 1.165) is 14.0 Å². The predicted octanol–water partition coefficient (Wildman–Crippen LogP) is 3.80. The Labute approximate surface area is 130 Å². The molecule has 2 aromatic heterocycles. The Balaban J connectivity index is 2.19. The van der Waals surface area contributed by atoms with Crippen LogP contribution in [-0.4, -0.2) is 21.8 Å². The van der Waals surface area contributed by atoms with E-state index < -0.39 is 0 Å². The highest BCUT2D eigenvalue weighted by molar-refractivity contribution is 14.1. The fourth-order valence-electron chi connectivity index (χ4n) is 1.77. The van der Waals surface area contributed by atoms with Crippen LogP contribution in [0.3, 0.4) is 0 Å². The van der Waals surface area contributed by atoms with Gasteiger partial charge < -0.3 is 4.90 Å². The first-order chi connectivity index (χ1) is 9.08. The molecule has 0 bridgehead atoms. The minimum absolute atomic E-state index is 0.0815. The number of amides is 1. The van der Waals surface area contributed by atoms with Crippen LogP contribution in [0.25, 0.3) is 0 Å². The molecule has 0 aliphatic carbocycles. The van der Waals surface area contributed by atoms with Gasteiger partial charge >= 0.3 is 0 Å². The van der Waals surface area contributed by atoms with E-state index >= 15 is 0 Å². The molecule has 2 rings (SSSR count). The second-order valence-electron chi connectivity index (χ2n) is 4.53. The van der Waals surface area contributed by atoms with E-state index in [-0.39, 0.29) is 11.9 Å². The lowest BCUT2D eigenvalue weighted by Crippen LogP contribution is -2.36. The number of thiophene rings is 1. The zero-order valence-corrected chi connectivity index (χ0v) is 13.8. The van der Waals surface area contributed by atoms with E-state index in [1.165, 1.54) is 0 Å². The molecule has 0 radical (unpaired) electrons. The van der Waals surface area contributed by atoms with Crippen LogP contribution in [0.1, 0.15) is 29.8 Å². The second kappa shape index (κ2) is 6.47. The van der Waals surface area contributed by atoms with E-state index in [2.05, 4.69) is 27.6 Å². The van der Waals surface area contributed by atoms with Crippen molar-refractivity contribution in [2.75, 3.05) is 0 Å². The van der Waals surface area contributed by atoms with Gasteiger partial charge in [0, 0.05) is 30.4 Å². The molecule has 0 aromatic carbocycles. The minimum atomic E-state index is 0.0815. The van der Waals surface area contributed by atoms with Gasteiger partial charge in [-0.2, -0.15) is 0 Å². The number of rotatable bonds is 4. The average Bonchev–Trinajstić information content (AvgIpc) is 2.83. The van der Waals surface area contributed by atoms with Crippen molar-refractivity contribution in [2.45, 2.75) is 26.4 Å². The summed E-state index contributed by atoms with van der Waals surface area (Å²) in [7, 11) is 0. The Bertz CT molecular complexity index is 554. The van der Waals surface area contributed by atoms with Gasteiger partial charge in [-0.15, -0.1) is 11.3 Å². The van der Waals surface area contributed by atoms with Crippen molar-refractivity contribution in [3.05, 3.63) is 50.0 Å². The van der Waals surface area contributed by atoms with E-state index in [1.54, 1.807) is 23.7 Å². The standard InChI is InChI=1S/C14H15IN2OS/c1-10(2)17(8-11-4-3-5-16-7-11)14(18)12-6-13(15)19-9-12/h3-7,9-10H,8H2,1-2H3. The smallest absolute Gasteiger partial charge is 0.255 e. The zero-order chi connectivity index (χ0) is 13.8. The summed E-state index contributed by atoms with van der Waals surface area (Å²) >= 11 is 3.83. The molecule has 3 nitrogen and oxygen atoms in total. The van der Waals surface area contributed by atoms with Gasteiger partial charge in [0.2, 0.25) is 0 Å². The lowest BCUT2D eigenvalue weighted by Gasteiger charge is -2.26. The first-order valence-corrected chi connectivity index (χ1v) is 7.97. The van der Waals surface area contributed by atoms with Crippen molar-refractivity contribution < 1.29 is 4.79 Å². The van der Waals surface area contributed by atoms with E-state index in [0.29, 0.717) is 6.54 Å². The van der Waals surface area contributed by atoms with Gasteiger partial charge in [-0.25, -0.2) is 0 Å². The second-order valence-corrected chi connectivity index (χ2v) is 7.33. The summed E-state index contributed by atoms with van der Waals surface area (Å²) in [5.74, 6) is 0.0815. The van der Waals surface area contributed by atoms with E-state index in [9.17, 15) is 4.79 Å². The number of hydrogen-bond acceptors (Lipinski definition) is 3. The summed E-state index contributed by atoms with van der Waals surface area (Å²) in [6, 6.07) is 5.98. The molecule has 0 saturated carbocycles. The predicted molar refractivity (Wildman–Crippen MR) is 86.3 cm³/mol. The van der Waals surface area contributed by atoms with Gasteiger partial charge in [-0.1, -0.05) is 6.07 Å². The third-order valence-corrected chi connectivity index (χ3v) is 4.56. The van der Waals surface area contributed by atoms with Crippen LogP contribution < -0.4 is 0 Å². The summed E-state index contributed by atoms with van der Waals surface area (Å²) in [6.07, 6.45) is 3.55. The van der Waals surface area contributed by atoms with Crippen molar-refractivity contribution in [3.8, 4) is 0 Å². The molecule has 2 aromatic rings. The maximum atomic E-state index is 12.5. The topological polar surface area (TPSA) is 33.2 Å². The van der Waals surface area contributed by atoms with E-state index in [1.807, 2.05) is 42.3 Å². The van der Waals surface area contributed by atoms with Crippen molar-refractivity contribution in [1.29, 1.82) is 0 Å². The first kappa shape index (κ1) is 14.5. The minimum Gasteiger partial charge on any atom is -0.332 e. The van der Waals surface area contributed by atoms with Crippen LogP contribution in [0.4, 0.5) is 0 Å². The number of nitrogens with zero attached hydrogens (tertiary/aromatic N) is 2. The van der Waals surface area contributed by atoms with Gasteiger partial charge in [0.15, 0.2) is 0 Å². The molecular weight excluding hydrogens is 371 g/mol. The Morgan fingerprint density at radius 3 is 2.84 bits per heavy atom. The highest BCUT2D eigenvalue weighted by Crippen LogP contribution is 2.20. The Hall–Kier alpha value is -0.950. The number of aromatic nitrogens is 1. The van der Waals surface area contributed by atoms with Crippen LogP contribution in [0.15, 0.2) is 36.0 Å². The lowest BCUT2D eigenvalue weighted by molar-refractivity contribution is 0.0690. The first-order valence-electron chi connectivity index (χ1n) is 6.02. The average molecular weight is 386 g/mol. The summed E-state index contributed by atoms with van der Waals surface area (Å²) in [5.41, 5.74) is 1.82. The molecular formula is C14H15IN2OS. The molecule has 100 valence electrons. The largest absolute Gasteiger partial charge is 0.332 e. The maximum absolute atomic E-state index is 12.5. The van der Waals surface area contributed by atoms with Gasteiger partial charge in [0.1, 0.15) is 0 Å². The molecule has 0 N–H and O–H groups in total. The molecule has 0 aliphatic heterocycles. The van der Waals surface area contributed by atoms with Crippen LogP contribution in [0.5, 0.6) is 0 Å². The van der Waals surface area contributed by atoms with Gasteiger partial charge in [-0.05, 0) is 54.1 Å². The third-order valence-electron chi connectivity index (χ3n) is 2.77. The lowest BCUT2D eigenvalue weighted by atomic mass is 10.2. The summed E-state index contributed by atoms with van der Waals surface area (Å²) in [4.78, 5) is 18.5. The third kappa shape index (κ3) is 3.76. The number of halogens is 1. The fraction of sp³-hybridized carbons (Fsp3) is 0.286. The van der Waals surface area contributed by atoms with Crippen LogP contribution >= 0.6 is 33.9 Å². The quantitative estimate of drug-likeness (QED) is 0.749. The molecule has 2 heterocycles. The molecule has 0 aliphatic rings. The number of hydrogen-bond donors (Lipinski definition) is 0. The number of carbonyl (C=O) groups excluding carboxylic acids is 1. The Morgan fingerprint density at radius 2 is 2.32 bits per heavy atom. The molecule has 5 heteroatoms. The van der Waals surface area contributed by atoms with Gasteiger partial charge in [-0.3, -0.25) is 9.78 Å². The number of carbonyl (C=O) groups is 1. The Morgan fingerprint density at radius 1 is 1.53 bits per heavy atom. The van der Waals surface area contributed by atoms with Crippen LogP contribution in [-0.2, 0) is 6.54 Å². The summed E-state index contributed by atoms with van der Waals surface area (Å²) in [6.45, 7) is 4.66. The van der Waals surface area contributed by atoms with E-state index in [4.69, 9.17) is 0 Å². The van der Waals surface area contributed by atoms with Crippen molar-refractivity contribution in [2.24, 2.45) is 0 Å². The zero-order valence-electron chi connectivity index (χ0n) is 10.8. The maximum Gasteiger partial charge on any atom is 0.255 e. The number of pyridine rings is 1. The molecule has 0 spiro atoms. The molecule has 0 unspecified atom stereocenters. The van der Waals surface area contributed by atoms with Crippen molar-refractivity contribution in [1.82, 2.24) is 9.88 Å². The molecule has 0 fully saturated rings. The molecule has 1 amide bonds. The summed E-state index contributed by atoms with van der Waals surface area (Å²) < 4.78 is 1.13. The SMILES string of the molecule is CC(C)N(Cc1cccnc1)C(=O)c1csc(I)c1. The van der Waals surface area contributed by atoms with Gasteiger partial charge in [0.05, 0.1) is 8.45 Å². The van der Waals surface area contributed by atoms with Crippen molar-refractivity contribution >= 4 is 39.8 Å². The van der Waals surface area contributed by atoms with Crippen LogP contribution in [0.2, 0.25) is 0 Å². The van der Waals surface area contributed by atoms with Crippen LogP contribution in [0, 0.1) is 2.88 Å². The van der Waals surface area contributed by atoms with Gasteiger partial charge in [0.25, 0.3) is 5.91 Å².